The van der Waals surface area contributed by atoms with Gasteiger partial charge in [0.05, 0.1) is 0 Å². The van der Waals surface area contributed by atoms with Gasteiger partial charge in [-0.3, -0.25) is 14.4 Å². The van der Waals surface area contributed by atoms with E-state index in [0.29, 0.717) is 19.3 Å². The van der Waals surface area contributed by atoms with Crippen LogP contribution in [0.15, 0.2) is 36.5 Å². The molecule has 0 radical (unpaired) electrons. The summed E-state index contributed by atoms with van der Waals surface area (Å²) in [5, 5.41) is 0. The van der Waals surface area contributed by atoms with E-state index in [1.54, 1.807) is 0 Å². The van der Waals surface area contributed by atoms with Crippen molar-refractivity contribution in [3.05, 3.63) is 36.5 Å². The minimum atomic E-state index is -0.774. The summed E-state index contributed by atoms with van der Waals surface area (Å²) >= 11 is 0. The molecule has 0 aliphatic rings. The van der Waals surface area contributed by atoms with Crippen molar-refractivity contribution in [2.45, 2.75) is 290 Å². The molecule has 362 valence electrons. The molecule has 0 N–H and O–H groups in total. The Hall–Kier alpha value is -2.37. The molecule has 0 aliphatic heterocycles. The molecule has 0 saturated heterocycles. The maximum atomic E-state index is 12.8. The van der Waals surface area contributed by atoms with Gasteiger partial charge < -0.3 is 14.2 Å². The van der Waals surface area contributed by atoms with Crippen LogP contribution in [0.5, 0.6) is 0 Å². The fourth-order valence-corrected chi connectivity index (χ4v) is 7.87. The molecule has 62 heavy (non-hydrogen) atoms. The van der Waals surface area contributed by atoms with Crippen LogP contribution in [0.4, 0.5) is 0 Å². The van der Waals surface area contributed by atoms with Crippen molar-refractivity contribution >= 4 is 17.9 Å². The second kappa shape index (κ2) is 51.3. The van der Waals surface area contributed by atoms with Crippen molar-refractivity contribution in [2.24, 2.45) is 0 Å². The third kappa shape index (κ3) is 48.7. The standard InChI is InChI=1S/C56H102O6/c1-4-7-10-13-16-19-22-25-28-31-34-37-40-43-46-49-55(58)61-52-53(51-60-54(57)48-45-42-39-36-33-30-27-24-21-18-15-12-9-6-3)62-56(59)50-47-44-41-38-35-32-29-26-23-20-17-14-11-8-5-2/h7,10,16,19,25,28,53H,4-6,8-9,11-15,17-18,20-24,26-27,29-52H2,1-3H3/b10-7+,19-16+,28-25+/t53-/m1/s1. The third-order valence-corrected chi connectivity index (χ3v) is 11.9. The molecule has 0 fully saturated rings. The highest BCUT2D eigenvalue weighted by molar-refractivity contribution is 5.71. The lowest BCUT2D eigenvalue weighted by Gasteiger charge is -2.18. The van der Waals surface area contributed by atoms with E-state index in [2.05, 4.69) is 57.2 Å². The molecule has 0 aromatic carbocycles. The molecule has 0 aromatic heterocycles. The van der Waals surface area contributed by atoms with Gasteiger partial charge in [0.25, 0.3) is 0 Å². The van der Waals surface area contributed by atoms with Crippen molar-refractivity contribution in [3.8, 4) is 0 Å². The second-order valence-electron chi connectivity index (χ2n) is 18.1. The molecule has 1 atom stereocenters. The summed E-state index contributed by atoms with van der Waals surface area (Å²) in [5.41, 5.74) is 0. The number of unbranched alkanes of at least 4 members (excludes halogenated alkanes) is 32. The molecule has 0 heterocycles. The first kappa shape index (κ1) is 59.6. The number of esters is 3. The number of ether oxygens (including phenoxy) is 3. The predicted octanol–water partition coefficient (Wildman–Crippen LogP) is 17.7. The summed E-state index contributed by atoms with van der Waals surface area (Å²) in [6.45, 7) is 6.55. The van der Waals surface area contributed by atoms with Gasteiger partial charge in [0.2, 0.25) is 0 Å². The number of carbonyl (C=O) groups excluding carboxylic acids is 3. The molecule has 0 unspecified atom stereocenters. The highest BCUT2D eigenvalue weighted by atomic mass is 16.6. The van der Waals surface area contributed by atoms with Gasteiger partial charge in [-0.1, -0.05) is 250 Å². The molecule has 0 amide bonds. The largest absolute Gasteiger partial charge is 0.462 e. The van der Waals surface area contributed by atoms with E-state index in [1.165, 1.54) is 148 Å². The van der Waals surface area contributed by atoms with Gasteiger partial charge in [0, 0.05) is 19.3 Å². The fraction of sp³-hybridized carbons (Fsp3) is 0.839. The summed E-state index contributed by atoms with van der Waals surface area (Å²) in [6, 6.07) is 0. The molecule has 0 spiro atoms. The van der Waals surface area contributed by atoms with E-state index in [4.69, 9.17) is 14.2 Å². The SMILES string of the molecule is CC/C=C/C/C=C/C/C=C/CCCCCCCC(=O)OC[C@@H](COC(=O)CCCCCCCCCCCCCCCC)OC(=O)CCCCCCCCCCCCCCCCC. The summed E-state index contributed by atoms with van der Waals surface area (Å²) in [4.78, 5) is 38.0. The van der Waals surface area contributed by atoms with Crippen LogP contribution < -0.4 is 0 Å². The average molecular weight is 871 g/mol. The van der Waals surface area contributed by atoms with Gasteiger partial charge in [-0.15, -0.1) is 0 Å². The molecule has 0 saturated carbocycles. The van der Waals surface area contributed by atoms with Crippen molar-refractivity contribution in [3.63, 3.8) is 0 Å². The van der Waals surface area contributed by atoms with Gasteiger partial charge in [0.1, 0.15) is 13.2 Å². The topological polar surface area (TPSA) is 78.9 Å². The summed E-state index contributed by atoms with van der Waals surface area (Å²) in [6.07, 6.45) is 59.8. The molecule has 6 heteroatoms. The maximum absolute atomic E-state index is 12.8. The number of rotatable bonds is 49. The predicted molar refractivity (Wildman–Crippen MR) is 266 cm³/mol. The van der Waals surface area contributed by atoms with Gasteiger partial charge >= 0.3 is 17.9 Å². The van der Waals surface area contributed by atoms with Crippen LogP contribution >= 0.6 is 0 Å². The lowest BCUT2D eigenvalue weighted by molar-refractivity contribution is -0.167. The number of hydrogen-bond donors (Lipinski definition) is 0. The van der Waals surface area contributed by atoms with Crippen LogP contribution in [0.25, 0.3) is 0 Å². The first-order chi connectivity index (χ1) is 30.5. The summed E-state index contributed by atoms with van der Waals surface area (Å²) in [5.74, 6) is -0.875. The molecule has 6 nitrogen and oxygen atoms in total. The van der Waals surface area contributed by atoms with Crippen LogP contribution in [0.2, 0.25) is 0 Å². The highest BCUT2D eigenvalue weighted by Crippen LogP contribution is 2.16. The lowest BCUT2D eigenvalue weighted by atomic mass is 10.0. The fourth-order valence-electron chi connectivity index (χ4n) is 7.87. The number of allylic oxidation sites excluding steroid dienone is 6. The molecule has 0 rings (SSSR count). The Balaban J connectivity index is 4.36. The Morgan fingerprint density at radius 3 is 0.984 bits per heavy atom. The van der Waals surface area contributed by atoms with Crippen LogP contribution in [0, 0.1) is 0 Å². The Morgan fingerprint density at radius 1 is 0.339 bits per heavy atom. The quantitative estimate of drug-likeness (QED) is 0.0262. The lowest BCUT2D eigenvalue weighted by Crippen LogP contribution is -2.30. The monoisotopic (exact) mass is 871 g/mol. The van der Waals surface area contributed by atoms with E-state index >= 15 is 0 Å². The number of hydrogen-bond acceptors (Lipinski definition) is 6. The van der Waals surface area contributed by atoms with E-state index in [-0.39, 0.29) is 31.1 Å². The van der Waals surface area contributed by atoms with Gasteiger partial charge in [0.15, 0.2) is 6.10 Å². The molecule has 0 bridgehead atoms. The van der Waals surface area contributed by atoms with Crippen LogP contribution in [-0.4, -0.2) is 37.2 Å². The molecular formula is C56H102O6. The second-order valence-corrected chi connectivity index (χ2v) is 18.1. The van der Waals surface area contributed by atoms with Crippen molar-refractivity contribution in [1.82, 2.24) is 0 Å². The van der Waals surface area contributed by atoms with E-state index in [1.807, 2.05) is 0 Å². The molecule has 0 aliphatic carbocycles. The van der Waals surface area contributed by atoms with Crippen LogP contribution in [0.1, 0.15) is 284 Å². The van der Waals surface area contributed by atoms with Crippen molar-refractivity contribution in [1.29, 1.82) is 0 Å². The number of carbonyl (C=O) groups is 3. The third-order valence-electron chi connectivity index (χ3n) is 11.9. The minimum absolute atomic E-state index is 0.0731. The Morgan fingerprint density at radius 2 is 0.629 bits per heavy atom. The molecule has 0 aromatic rings. The Bertz CT molecular complexity index is 1050. The summed E-state index contributed by atoms with van der Waals surface area (Å²) < 4.78 is 16.8. The van der Waals surface area contributed by atoms with E-state index in [9.17, 15) is 14.4 Å². The Labute approximate surface area is 385 Å². The maximum Gasteiger partial charge on any atom is 0.306 e. The smallest absolute Gasteiger partial charge is 0.306 e. The summed E-state index contributed by atoms with van der Waals surface area (Å²) in [7, 11) is 0. The van der Waals surface area contributed by atoms with Crippen molar-refractivity contribution in [2.75, 3.05) is 13.2 Å². The first-order valence-electron chi connectivity index (χ1n) is 27.0. The Kier molecular flexibility index (Phi) is 49.3. The zero-order chi connectivity index (χ0) is 45.1. The van der Waals surface area contributed by atoms with E-state index in [0.717, 1.165) is 96.3 Å². The highest BCUT2D eigenvalue weighted by Gasteiger charge is 2.19. The van der Waals surface area contributed by atoms with Crippen LogP contribution in [-0.2, 0) is 28.6 Å². The van der Waals surface area contributed by atoms with Gasteiger partial charge in [-0.05, 0) is 51.4 Å². The van der Waals surface area contributed by atoms with E-state index < -0.39 is 6.10 Å². The van der Waals surface area contributed by atoms with Crippen molar-refractivity contribution < 1.29 is 28.6 Å². The van der Waals surface area contributed by atoms with Gasteiger partial charge in [-0.2, -0.15) is 0 Å². The zero-order valence-corrected chi connectivity index (χ0v) is 41.4. The minimum Gasteiger partial charge on any atom is -0.462 e. The zero-order valence-electron chi connectivity index (χ0n) is 41.4. The van der Waals surface area contributed by atoms with Gasteiger partial charge in [-0.25, -0.2) is 0 Å². The molecular weight excluding hydrogens is 769 g/mol. The first-order valence-corrected chi connectivity index (χ1v) is 27.0. The van der Waals surface area contributed by atoms with Crippen LogP contribution in [0.3, 0.4) is 0 Å². The average Bonchev–Trinajstić information content (AvgIpc) is 3.27. The normalized spacial score (nSPS) is 12.2.